The predicted molar refractivity (Wildman–Crippen MR) is 78.2 cm³/mol. The largest absolute Gasteiger partial charge is 0.480 e. The highest BCUT2D eigenvalue weighted by Crippen LogP contribution is 2.14. The van der Waals surface area contributed by atoms with Crippen molar-refractivity contribution in [2.24, 2.45) is 0 Å². The van der Waals surface area contributed by atoms with E-state index >= 15 is 0 Å². The van der Waals surface area contributed by atoms with Crippen LogP contribution in [0.3, 0.4) is 0 Å². The third-order valence-electron chi connectivity index (χ3n) is 2.74. The van der Waals surface area contributed by atoms with E-state index in [0.717, 1.165) is 11.3 Å². The minimum absolute atomic E-state index is 0.269. The van der Waals surface area contributed by atoms with Crippen LogP contribution >= 0.6 is 0 Å². The Balaban J connectivity index is 2.54. The number of urea groups is 1. The third-order valence-corrected chi connectivity index (χ3v) is 2.74. The molecule has 1 rings (SSSR count). The lowest BCUT2D eigenvalue weighted by atomic mass is 10.2. The topological polar surface area (TPSA) is 98.7 Å². The van der Waals surface area contributed by atoms with Crippen LogP contribution in [0, 0.1) is 6.92 Å². The van der Waals surface area contributed by atoms with Crippen LogP contribution in [0.2, 0.25) is 0 Å². The Bertz CT molecular complexity index is 513. The molecule has 0 fully saturated rings. The molecule has 0 bridgehead atoms. The number of benzene rings is 1. The van der Waals surface area contributed by atoms with E-state index in [4.69, 9.17) is 5.11 Å². The summed E-state index contributed by atoms with van der Waals surface area (Å²) >= 11 is 0. The summed E-state index contributed by atoms with van der Waals surface area (Å²) in [6.45, 7) is 3.49. The summed E-state index contributed by atoms with van der Waals surface area (Å²) in [4.78, 5) is 35.1. The number of carboxylic acids is 1. The van der Waals surface area contributed by atoms with E-state index < -0.39 is 24.5 Å². The van der Waals surface area contributed by atoms with Crippen molar-refractivity contribution in [1.82, 2.24) is 10.6 Å². The van der Waals surface area contributed by atoms with Gasteiger partial charge in [-0.2, -0.15) is 0 Å². The second-order valence-corrected chi connectivity index (χ2v) is 4.41. The SMILES string of the molecule is CCN(C(=O)NCC(=O)NCC(=O)O)c1ccc(C)cc1. The van der Waals surface area contributed by atoms with E-state index in [1.807, 2.05) is 38.1 Å². The number of aryl methyl sites for hydroxylation is 1. The highest BCUT2D eigenvalue weighted by molar-refractivity contribution is 5.94. The maximum Gasteiger partial charge on any atom is 0.322 e. The number of carbonyl (C=O) groups excluding carboxylic acids is 2. The van der Waals surface area contributed by atoms with Crippen LogP contribution in [0.5, 0.6) is 0 Å². The van der Waals surface area contributed by atoms with Gasteiger partial charge in [-0.25, -0.2) is 4.79 Å². The third kappa shape index (κ3) is 5.52. The zero-order valence-electron chi connectivity index (χ0n) is 12.0. The molecule has 7 heteroatoms. The summed E-state index contributed by atoms with van der Waals surface area (Å²) in [6, 6.07) is 7.02. The van der Waals surface area contributed by atoms with Gasteiger partial charge >= 0.3 is 12.0 Å². The lowest BCUT2D eigenvalue weighted by Crippen LogP contribution is -2.45. The van der Waals surface area contributed by atoms with Gasteiger partial charge < -0.3 is 15.7 Å². The summed E-state index contributed by atoms with van der Waals surface area (Å²) in [7, 11) is 0. The van der Waals surface area contributed by atoms with Crippen molar-refractivity contribution < 1.29 is 19.5 Å². The number of aliphatic carboxylic acids is 1. The van der Waals surface area contributed by atoms with Gasteiger partial charge in [-0.3, -0.25) is 14.5 Å². The molecular formula is C14H19N3O4. The number of carboxylic acid groups (broad SMARTS) is 1. The van der Waals surface area contributed by atoms with Crippen molar-refractivity contribution in [3.8, 4) is 0 Å². The van der Waals surface area contributed by atoms with Crippen molar-refractivity contribution in [3.63, 3.8) is 0 Å². The van der Waals surface area contributed by atoms with Crippen LogP contribution in [0.15, 0.2) is 24.3 Å². The Kier molecular flexibility index (Phi) is 6.19. The van der Waals surface area contributed by atoms with Crippen LogP contribution in [-0.4, -0.2) is 42.6 Å². The first-order chi connectivity index (χ1) is 9.93. The fourth-order valence-electron chi connectivity index (χ4n) is 1.66. The quantitative estimate of drug-likeness (QED) is 0.720. The van der Waals surface area contributed by atoms with Gasteiger partial charge in [0.2, 0.25) is 5.91 Å². The molecule has 0 aliphatic carbocycles. The van der Waals surface area contributed by atoms with Crippen molar-refractivity contribution in [2.45, 2.75) is 13.8 Å². The minimum atomic E-state index is -1.13. The first-order valence-electron chi connectivity index (χ1n) is 6.54. The Hall–Kier alpha value is -2.57. The average Bonchev–Trinajstić information content (AvgIpc) is 2.45. The van der Waals surface area contributed by atoms with Crippen molar-refractivity contribution in [1.29, 1.82) is 0 Å². The molecule has 0 heterocycles. The molecule has 1 aromatic carbocycles. The molecule has 0 radical (unpaired) electrons. The first kappa shape index (κ1) is 16.5. The fraction of sp³-hybridized carbons (Fsp3) is 0.357. The van der Waals surface area contributed by atoms with Gasteiger partial charge in [-0.1, -0.05) is 17.7 Å². The molecule has 3 amide bonds. The Morgan fingerprint density at radius 3 is 2.24 bits per heavy atom. The van der Waals surface area contributed by atoms with Gasteiger partial charge in [-0.05, 0) is 26.0 Å². The normalized spacial score (nSPS) is 9.81. The van der Waals surface area contributed by atoms with Gasteiger partial charge in [-0.15, -0.1) is 0 Å². The second kappa shape index (κ2) is 7.88. The molecule has 0 saturated carbocycles. The van der Waals surface area contributed by atoms with Gasteiger partial charge in [0.1, 0.15) is 6.54 Å². The van der Waals surface area contributed by atoms with Crippen molar-refractivity contribution >= 4 is 23.6 Å². The standard InChI is InChI=1S/C14H19N3O4/c1-3-17(11-6-4-10(2)5-7-11)14(21)16-8-12(18)15-9-13(19)20/h4-7H,3,8-9H2,1-2H3,(H,15,18)(H,16,21)(H,19,20). The van der Waals surface area contributed by atoms with E-state index in [2.05, 4.69) is 10.6 Å². The van der Waals surface area contributed by atoms with Crippen LogP contribution in [0.1, 0.15) is 12.5 Å². The Labute approximate surface area is 122 Å². The van der Waals surface area contributed by atoms with Crippen LogP contribution < -0.4 is 15.5 Å². The van der Waals surface area contributed by atoms with E-state index in [1.54, 1.807) is 0 Å². The van der Waals surface area contributed by atoms with Crippen LogP contribution in [-0.2, 0) is 9.59 Å². The molecule has 0 unspecified atom stereocenters. The fourth-order valence-corrected chi connectivity index (χ4v) is 1.66. The van der Waals surface area contributed by atoms with Gasteiger partial charge in [0.15, 0.2) is 0 Å². The van der Waals surface area contributed by atoms with E-state index in [1.165, 1.54) is 4.90 Å². The van der Waals surface area contributed by atoms with E-state index in [9.17, 15) is 14.4 Å². The minimum Gasteiger partial charge on any atom is -0.480 e. The average molecular weight is 293 g/mol. The molecule has 1 aromatic rings. The molecule has 0 saturated heterocycles. The van der Waals surface area contributed by atoms with Gasteiger partial charge in [0, 0.05) is 12.2 Å². The van der Waals surface area contributed by atoms with Crippen LogP contribution in [0.4, 0.5) is 10.5 Å². The van der Waals surface area contributed by atoms with Gasteiger partial charge in [0.05, 0.1) is 6.54 Å². The first-order valence-corrected chi connectivity index (χ1v) is 6.54. The Morgan fingerprint density at radius 1 is 1.10 bits per heavy atom. The number of hydrogen-bond donors (Lipinski definition) is 3. The smallest absolute Gasteiger partial charge is 0.322 e. The predicted octanol–water partition coefficient (Wildman–Crippen LogP) is 0.732. The number of rotatable bonds is 6. The zero-order valence-corrected chi connectivity index (χ0v) is 12.0. The molecule has 0 atom stereocenters. The summed E-state index contributed by atoms with van der Waals surface area (Å²) in [6.07, 6.45) is 0. The lowest BCUT2D eigenvalue weighted by molar-refractivity contribution is -0.137. The molecule has 0 aliphatic rings. The highest BCUT2D eigenvalue weighted by Gasteiger charge is 2.14. The molecule has 0 aliphatic heterocycles. The maximum atomic E-state index is 12.0. The van der Waals surface area contributed by atoms with Crippen LogP contribution in [0.25, 0.3) is 0 Å². The van der Waals surface area contributed by atoms with Crippen molar-refractivity contribution in [2.75, 3.05) is 24.5 Å². The molecular weight excluding hydrogens is 274 g/mol. The summed E-state index contributed by atoms with van der Waals surface area (Å²) in [5, 5.41) is 13.0. The summed E-state index contributed by atoms with van der Waals surface area (Å²) in [5.41, 5.74) is 1.81. The number of hydrogen-bond acceptors (Lipinski definition) is 3. The van der Waals surface area contributed by atoms with Gasteiger partial charge in [0.25, 0.3) is 0 Å². The lowest BCUT2D eigenvalue weighted by Gasteiger charge is -2.21. The number of anilines is 1. The second-order valence-electron chi connectivity index (χ2n) is 4.41. The molecule has 0 spiro atoms. The Morgan fingerprint density at radius 2 is 1.71 bits per heavy atom. The number of amides is 3. The number of nitrogens with one attached hydrogen (secondary N) is 2. The highest BCUT2D eigenvalue weighted by atomic mass is 16.4. The molecule has 7 nitrogen and oxygen atoms in total. The number of nitrogens with zero attached hydrogens (tertiary/aromatic N) is 1. The van der Waals surface area contributed by atoms with Crippen molar-refractivity contribution in [3.05, 3.63) is 29.8 Å². The van der Waals surface area contributed by atoms with E-state index in [-0.39, 0.29) is 6.54 Å². The zero-order chi connectivity index (χ0) is 15.8. The molecule has 21 heavy (non-hydrogen) atoms. The molecule has 0 aromatic heterocycles. The monoisotopic (exact) mass is 293 g/mol. The number of carbonyl (C=O) groups is 3. The molecule has 114 valence electrons. The maximum absolute atomic E-state index is 12.0. The summed E-state index contributed by atoms with van der Waals surface area (Å²) < 4.78 is 0. The summed E-state index contributed by atoms with van der Waals surface area (Å²) in [5.74, 6) is -1.68. The molecule has 3 N–H and O–H groups in total. The van der Waals surface area contributed by atoms with E-state index in [0.29, 0.717) is 6.54 Å².